The first-order chi connectivity index (χ1) is 9.70. The Bertz CT molecular complexity index is 424. The summed E-state index contributed by atoms with van der Waals surface area (Å²) < 4.78 is 10.9. The van der Waals surface area contributed by atoms with E-state index in [2.05, 4.69) is 17.3 Å². The molecule has 1 heterocycles. The first-order valence-electron chi connectivity index (χ1n) is 6.86. The van der Waals surface area contributed by atoms with Crippen molar-refractivity contribution in [3.63, 3.8) is 0 Å². The Labute approximate surface area is 119 Å². The highest BCUT2D eigenvalue weighted by atomic mass is 16.5. The van der Waals surface area contributed by atoms with E-state index in [0.717, 1.165) is 18.7 Å². The van der Waals surface area contributed by atoms with Crippen molar-refractivity contribution in [3.05, 3.63) is 35.9 Å². The summed E-state index contributed by atoms with van der Waals surface area (Å²) in [6.45, 7) is 3.00. The maximum Gasteiger partial charge on any atom is 0.253 e. The summed E-state index contributed by atoms with van der Waals surface area (Å²) in [4.78, 5) is 14.4. The largest absolute Gasteiger partial charge is 0.374 e. The second-order valence-electron chi connectivity index (χ2n) is 5.03. The topological polar surface area (TPSA) is 50.8 Å². The Kier molecular flexibility index (Phi) is 5.52. The lowest BCUT2D eigenvalue weighted by molar-refractivity contribution is -0.132. The first kappa shape index (κ1) is 15.0. The fourth-order valence-corrected chi connectivity index (χ4v) is 2.32. The van der Waals surface area contributed by atoms with Crippen LogP contribution in [-0.4, -0.2) is 57.3 Å². The van der Waals surface area contributed by atoms with Gasteiger partial charge in [0.05, 0.1) is 12.7 Å². The van der Waals surface area contributed by atoms with E-state index in [0.29, 0.717) is 13.2 Å². The molecule has 1 aliphatic rings. The summed E-state index contributed by atoms with van der Waals surface area (Å²) >= 11 is 0. The predicted octanol–water partition coefficient (Wildman–Crippen LogP) is 0.821. The fraction of sp³-hybridized carbons (Fsp3) is 0.533. The average Bonchev–Trinajstić information content (AvgIpc) is 2.47. The van der Waals surface area contributed by atoms with Gasteiger partial charge in [-0.15, -0.1) is 0 Å². The van der Waals surface area contributed by atoms with Gasteiger partial charge in [-0.3, -0.25) is 4.79 Å². The second-order valence-corrected chi connectivity index (χ2v) is 5.03. The molecule has 1 N–H and O–H groups in total. The summed E-state index contributed by atoms with van der Waals surface area (Å²) in [6, 6.07) is 9.48. The van der Waals surface area contributed by atoms with Gasteiger partial charge in [0.2, 0.25) is 0 Å². The number of benzene rings is 1. The van der Waals surface area contributed by atoms with E-state index >= 15 is 0 Å². The smallest absolute Gasteiger partial charge is 0.253 e. The average molecular weight is 278 g/mol. The molecular weight excluding hydrogens is 256 g/mol. The van der Waals surface area contributed by atoms with Crippen LogP contribution in [0, 0.1) is 0 Å². The lowest BCUT2D eigenvalue weighted by atomic mass is 10.1. The molecular formula is C15H22N2O3. The van der Waals surface area contributed by atoms with Crippen molar-refractivity contribution in [2.45, 2.75) is 12.2 Å². The number of carbonyl (C=O) groups is 1. The van der Waals surface area contributed by atoms with Gasteiger partial charge >= 0.3 is 0 Å². The van der Waals surface area contributed by atoms with Crippen LogP contribution in [0.15, 0.2) is 30.3 Å². The number of nitrogens with zero attached hydrogens (tertiary/aromatic N) is 1. The molecule has 20 heavy (non-hydrogen) atoms. The minimum Gasteiger partial charge on any atom is -0.374 e. The zero-order chi connectivity index (χ0) is 14.4. The van der Waals surface area contributed by atoms with Crippen LogP contribution in [0.4, 0.5) is 0 Å². The molecule has 0 unspecified atom stereocenters. The number of methoxy groups -OCH3 is 1. The number of hydrogen-bond acceptors (Lipinski definition) is 4. The minimum atomic E-state index is -0.572. The molecule has 5 nitrogen and oxygen atoms in total. The van der Waals surface area contributed by atoms with E-state index in [1.54, 1.807) is 7.11 Å². The van der Waals surface area contributed by atoms with E-state index in [4.69, 9.17) is 9.47 Å². The van der Waals surface area contributed by atoms with Crippen molar-refractivity contribution in [2.75, 3.05) is 40.4 Å². The van der Waals surface area contributed by atoms with Gasteiger partial charge < -0.3 is 19.7 Å². The molecule has 0 aromatic heterocycles. The van der Waals surface area contributed by atoms with E-state index in [9.17, 15) is 4.79 Å². The maximum atomic E-state index is 12.2. The Morgan fingerprint density at radius 1 is 1.50 bits per heavy atom. The normalized spacial score (nSPS) is 21.4. The molecule has 0 aliphatic carbocycles. The van der Waals surface area contributed by atoms with Crippen LogP contribution >= 0.6 is 0 Å². The summed E-state index contributed by atoms with van der Waals surface area (Å²) in [5.41, 5.74) is 0.856. The molecule has 0 saturated carbocycles. The third-order valence-corrected chi connectivity index (χ3v) is 3.42. The van der Waals surface area contributed by atoms with Crippen LogP contribution < -0.4 is 5.32 Å². The van der Waals surface area contributed by atoms with Crippen LogP contribution in [0.5, 0.6) is 0 Å². The van der Waals surface area contributed by atoms with Gasteiger partial charge in [-0.1, -0.05) is 30.3 Å². The Hall–Kier alpha value is -1.43. The van der Waals surface area contributed by atoms with E-state index in [1.807, 2.05) is 30.3 Å². The minimum absolute atomic E-state index is 0.0472. The van der Waals surface area contributed by atoms with Crippen molar-refractivity contribution in [2.24, 2.45) is 0 Å². The van der Waals surface area contributed by atoms with E-state index in [1.165, 1.54) is 0 Å². The quantitative estimate of drug-likeness (QED) is 0.866. The van der Waals surface area contributed by atoms with Crippen molar-refractivity contribution in [1.29, 1.82) is 0 Å². The van der Waals surface area contributed by atoms with Gasteiger partial charge in [0.15, 0.2) is 6.10 Å². The monoisotopic (exact) mass is 278 g/mol. The Balaban J connectivity index is 1.87. The molecule has 0 bridgehead atoms. The highest BCUT2D eigenvalue weighted by molar-refractivity contribution is 5.82. The summed E-state index contributed by atoms with van der Waals surface area (Å²) in [5.74, 6) is -0.129. The fourth-order valence-electron chi connectivity index (χ4n) is 2.32. The van der Waals surface area contributed by atoms with Crippen molar-refractivity contribution >= 4 is 5.91 Å². The van der Waals surface area contributed by atoms with Gasteiger partial charge in [0.25, 0.3) is 5.91 Å². The highest BCUT2D eigenvalue weighted by Crippen LogP contribution is 2.16. The number of carbonyl (C=O) groups excluding carboxylic acids is 1. The first-order valence-corrected chi connectivity index (χ1v) is 6.86. The van der Waals surface area contributed by atoms with Crippen molar-refractivity contribution < 1.29 is 14.3 Å². The molecule has 1 amide bonds. The molecule has 1 aliphatic heterocycles. The number of nitrogens with one attached hydrogen (secondary N) is 1. The van der Waals surface area contributed by atoms with Crippen molar-refractivity contribution in [1.82, 2.24) is 10.2 Å². The summed E-state index contributed by atoms with van der Waals surface area (Å²) in [5, 5.41) is 2.91. The Morgan fingerprint density at radius 3 is 2.90 bits per heavy atom. The highest BCUT2D eigenvalue weighted by Gasteiger charge is 2.22. The molecule has 1 saturated heterocycles. The molecule has 110 valence electrons. The van der Waals surface area contributed by atoms with Crippen molar-refractivity contribution in [3.8, 4) is 0 Å². The Morgan fingerprint density at radius 2 is 2.25 bits per heavy atom. The van der Waals surface area contributed by atoms with Crippen LogP contribution in [-0.2, 0) is 14.3 Å². The number of rotatable bonds is 5. The summed E-state index contributed by atoms with van der Waals surface area (Å²) in [6.07, 6.45) is -0.525. The van der Waals surface area contributed by atoms with E-state index < -0.39 is 6.10 Å². The molecule has 1 aromatic carbocycles. The van der Waals surface area contributed by atoms with Crippen LogP contribution in [0.2, 0.25) is 0 Å². The van der Waals surface area contributed by atoms with Gasteiger partial charge in [-0.25, -0.2) is 0 Å². The standard InChI is InChI=1S/C15H22N2O3/c1-17-8-9-20-13(11-17)10-16-15(18)14(19-2)12-6-4-3-5-7-12/h3-7,13-14H,8-11H2,1-2H3,(H,16,18)/t13-,14+/m0/s1. The third kappa shape index (κ3) is 4.03. The molecule has 2 atom stereocenters. The van der Waals surface area contributed by atoms with E-state index in [-0.39, 0.29) is 12.0 Å². The lowest BCUT2D eigenvalue weighted by Crippen LogP contribution is -2.46. The maximum absolute atomic E-state index is 12.2. The number of likely N-dealkylation sites (N-methyl/N-ethyl adjacent to an activating group) is 1. The lowest BCUT2D eigenvalue weighted by Gasteiger charge is -2.30. The van der Waals surface area contributed by atoms with Gasteiger partial charge in [0, 0.05) is 26.7 Å². The van der Waals surface area contributed by atoms with Gasteiger partial charge in [-0.2, -0.15) is 0 Å². The number of ether oxygens (including phenoxy) is 2. The van der Waals surface area contributed by atoms with Crippen LogP contribution in [0.1, 0.15) is 11.7 Å². The van der Waals surface area contributed by atoms with Gasteiger partial charge in [0.1, 0.15) is 0 Å². The molecule has 0 radical (unpaired) electrons. The second kappa shape index (κ2) is 7.38. The number of hydrogen-bond donors (Lipinski definition) is 1. The SMILES string of the molecule is CO[C@@H](C(=O)NC[C@H]1CN(C)CCO1)c1ccccc1. The van der Waals surface area contributed by atoms with Gasteiger partial charge in [-0.05, 0) is 12.6 Å². The molecule has 0 spiro atoms. The zero-order valence-electron chi connectivity index (χ0n) is 12.0. The van der Waals surface area contributed by atoms with Crippen LogP contribution in [0.25, 0.3) is 0 Å². The molecule has 2 rings (SSSR count). The molecule has 1 fully saturated rings. The molecule has 1 aromatic rings. The van der Waals surface area contributed by atoms with Crippen LogP contribution in [0.3, 0.4) is 0 Å². The number of morpholine rings is 1. The molecule has 5 heteroatoms. The third-order valence-electron chi connectivity index (χ3n) is 3.42. The summed E-state index contributed by atoms with van der Waals surface area (Å²) in [7, 11) is 3.60. The number of amides is 1. The predicted molar refractivity (Wildman–Crippen MR) is 76.4 cm³/mol. The zero-order valence-corrected chi connectivity index (χ0v) is 12.0.